The van der Waals surface area contributed by atoms with Gasteiger partial charge >= 0.3 is 5.97 Å². The second-order valence-corrected chi connectivity index (χ2v) is 6.91. The maximum Gasteiger partial charge on any atom is 0.343 e. The van der Waals surface area contributed by atoms with Crippen LogP contribution < -0.4 is 15.2 Å². The zero-order chi connectivity index (χ0) is 20.5. The smallest absolute Gasteiger partial charge is 0.343 e. The number of nitrogens with zero attached hydrogens (tertiary/aromatic N) is 1. The fourth-order valence-electron chi connectivity index (χ4n) is 3.18. The predicted molar refractivity (Wildman–Crippen MR) is 106 cm³/mol. The number of ether oxygens (including phenoxy) is 2. The minimum absolute atomic E-state index is 0.0163. The van der Waals surface area contributed by atoms with E-state index in [2.05, 4.69) is 6.07 Å². The molecular weight excluding hydrogens is 392 g/mol. The Kier molecular flexibility index (Phi) is 4.75. The first-order valence-electron chi connectivity index (χ1n) is 8.72. The number of allylic oxidation sites excluding steroid dienone is 1. The predicted octanol–water partition coefficient (Wildman–Crippen LogP) is 4.68. The molecule has 0 saturated carbocycles. The third-order valence-electron chi connectivity index (χ3n) is 4.51. The Hall–Kier alpha value is -3.69. The number of esters is 1. The van der Waals surface area contributed by atoms with Crippen LogP contribution in [0.25, 0.3) is 0 Å². The molecule has 3 aromatic rings. The third kappa shape index (κ3) is 3.56. The summed E-state index contributed by atoms with van der Waals surface area (Å²) in [6.45, 7) is 1.82. The van der Waals surface area contributed by atoms with Gasteiger partial charge in [0.05, 0.1) is 11.5 Å². The minimum atomic E-state index is -0.553. The van der Waals surface area contributed by atoms with Gasteiger partial charge in [0.1, 0.15) is 34.7 Å². The number of carbonyl (C=O) groups is 1. The minimum Gasteiger partial charge on any atom is -0.465 e. The first-order chi connectivity index (χ1) is 14.0. The van der Waals surface area contributed by atoms with Crippen LogP contribution in [0.1, 0.15) is 33.4 Å². The van der Waals surface area contributed by atoms with Gasteiger partial charge in [-0.15, -0.1) is 0 Å². The zero-order valence-corrected chi connectivity index (χ0v) is 16.1. The van der Waals surface area contributed by atoms with Crippen LogP contribution in [0.5, 0.6) is 11.5 Å². The second-order valence-electron chi connectivity index (χ2n) is 6.47. The number of furan rings is 1. The molecule has 1 aromatic heterocycles. The summed E-state index contributed by atoms with van der Waals surface area (Å²) in [5.74, 6) is 0.884. The number of nitrogens with two attached hydrogens (primary N) is 1. The number of halogens is 1. The molecule has 0 saturated heterocycles. The first kappa shape index (κ1) is 18.7. The lowest BCUT2D eigenvalue weighted by molar-refractivity contribution is 0.0734. The van der Waals surface area contributed by atoms with Crippen LogP contribution in [-0.2, 0) is 0 Å². The monoisotopic (exact) mass is 406 g/mol. The Labute approximate surface area is 171 Å². The molecule has 0 bridgehead atoms. The normalized spacial score (nSPS) is 15.3. The Morgan fingerprint density at radius 3 is 2.72 bits per heavy atom. The fourth-order valence-corrected chi connectivity index (χ4v) is 3.37. The van der Waals surface area contributed by atoms with Crippen molar-refractivity contribution in [2.75, 3.05) is 0 Å². The van der Waals surface area contributed by atoms with E-state index >= 15 is 0 Å². The van der Waals surface area contributed by atoms with Crippen molar-refractivity contribution in [3.05, 3.63) is 93.7 Å². The summed E-state index contributed by atoms with van der Waals surface area (Å²) in [4.78, 5) is 12.4. The summed E-state index contributed by atoms with van der Waals surface area (Å²) in [5, 5.41) is 9.99. The Morgan fingerprint density at radius 1 is 1.21 bits per heavy atom. The molecule has 0 amide bonds. The third-order valence-corrected chi connectivity index (χ3v) is 4.74. The SMILES string of the molecule is Cc1ccc(C2C(C#N)=C(N)Oc3cc(OC(=O)c4cccc(Cl)c4)ccc32)o1. The largest absolute Gasteiger partial charge is 0.465 e. The zero-order valence-electron chi connectivity index (χ0n) is 15.3. The van der Waals surface area contributed by atoms with Gasteiger partial charge in [-0.2, -0.15) is 5.26 Å². The molecule has 1 atom stereocenters. The molecule has 0 fully saturated rings. The van der Waals surface area contributed by atoms with Crippen molar-refractivity contribution < 1.29 is 18.7 Å². The molecule has 144 valence electrons. The lowest BCUT2D eigenvalue weighted by Gasteiger charge is -2.25. The van der Waals surface area contributed by atoms with E-state index in [0.29, 0.717) is 27.7 Å². The van der Waals surface area contributed by atoms with Crippen LogP contribution in [0.4, 0.5) is 0 Å². The number of aryl methyl sites for hydroxylation is 1. The fraction of sp³-hybridized carbons (Fsp3) is 0.0909. The highest BCUT2D eigenvalue weighted by molar-refractivity contribution is 6.30. The topological polar surface area (TPSA) is 98.5 Å². The molecule has 0 spiro atoms. The summed E-state index contributed by atoms with van der Waals surface area (Å²) >= 11 is 5.92. The number of hydrogen-bond acceptors (Lipinski definition) is 6. The highest BCUT2D eigenvalue weighted by atomic mass is 35.5. The average Bonchev–Trinajstić information content (AvgIpc) is 3.12. The molecule has 29 heavy (non-hydrogen) atoms. The van der Waals surface area contributed by atoms with Crippen LogP contribution in [0, 0.1) is 18.3 Å². The van der Waals surface area contributed by atoms with Crippen molar-refractivity contribution in [3.63, 3.8) is 0 Å². The molecule has 1 unspecified atom stereocenters. The van der Waals surface area contributed by atoms with Gasteiger partial charge in [-0.1, -0.05) is 23.7 Å². The van der Waals surface area contributed by atoms with Crippen molar-refractivity contribution >= 4 is 17.6 Å². The summed E-state index contributed by atoms with van der Waals surface area (Å²) in [6.07, 6.45) is 0. The lowest BCUT2D eigenvalue weighted by Crippen LogP contribution is -2.21. The number of nitriles is 1. The van der Waals surface area contributed by atoms with E-state index < -0.39 is 11.9 Å². The second kappa shape index (κ2) is 7.38. The van der Waals surface area contributed by atoms with Crippen molar-refractivity contribution in [3.8, 4) is 17.6 Å². The van der Waals surface area contributed by atoms with Crippen LogP contribution in [0.3, 0.4) is 0 Å². The Balaban J connectivity index is 1.68. The van der Waals surface area contributed by atoms with Crippen LogP contribution in [0.15, 0.2) is 70.5 Å². The van der Waals surface area contributed by atoms with E-state index in [-0.39, 0.29) is 17.2 Å². The van der Waals surface area contributed by atoms with Crippen molar-refractivity contribution in [2.24, 2.45) is 5.73 Å². The lowest BCUT2D eigenvalue weighted by atomic mass is 9.87. The van der Waals surface area contributed by atoms with Gasteiger partial charge in [0.25, 0.3) is 0 Å². The number of carbonyl (C=O) groups excluding carboxylic acids is 1. The molecular formula is C22H15ClN2O4. The van der Waals surface area contributed by atoms with E-state index in [4.69, 9.17) is 31.2 Å². The summed E-state index contributed by atoms with van der Waals surface area (Å²) in [6, 6.07) is 17.1. The molecule has 0 aliphatic carbocycles. The molecule has 2 N–H and O–H groups in total. The van der Waals surface area contributed by atoms with Gasteiger partial charge in [-0.3, -0.25) is 0 Å². The highest BCUT2D eigenvalue weighted by Crippen LogP contribution is 2.43. The molecule has 6 nitrogen and oxygen atoms in total. The van der Waals surface area contributed by atoms with Crippen molar-refractivity contribution in [1.82, 2.24) is 0 Å². The standard InChI is InChI=1S/C22H15ClN2O4/c1-12-5-8-18(27-12)20-16-7-6-15(10-19(16)29-21(25)17(20)11-24)28-22(26)13-3-2-4-14(23)9-13/h2-10,20H,25H2,1H3. The molecule has 1 aliphatic heterocycles. The number of hydrogen-bond donors (Lipinski definition) is 1. The van der Waals surface area contributed by atoms with E-state index in [1.807, 2.05) is 13.0 Å². The van der Waals surface area contributed by atoms with Gasteiger partial charge in [0, 0.05) is 16.7 Å². The van der Waals surface area contributed by atoms with E-state index in [0.717, 1.165) is 5.76 Å². The van der Waals surface area contributed by atoms with Crippen LogP contribution in [-0.4, -0.2) is 5.97 Å². The van der Waals surface area contributed by atoms with Crippen molar-refractivity contribution in [1.29, 1.82) is 5.26 Å². The summed E-state index contributed by atoms with van der Waals surface area (Å²) in [7, 11) is 0. The molecule has 2 aromatic carbocycles. The molecule has 7 heteroatoms. The summed E-state index contributed by atoms with van der Waals surface area (Å²) < 4.78 is 16.8. The van der Waals surface area contributed by atoms with Crippen molar-refractivity contribution in [2.45, 2.75) is 12.8 Å². The van der Waals surface area contributed by atoms with Crippen LogP contribution in [0.2, 0.25) is 5.02 Å². The quantitative estimate of drug-likeness (QED) is 0.501. The molecule has 4 rings (SSSR count). The van der Waals surface area contributed by atoms with Gasteiger partial charge in [-0.05, 0) is 43.3 Å². The van der Waals surface area contributed by atoms with E-state index in [1.54, 1.807) is 42.5 Å². The van der Waals surface area contributed by atoms with Gasteiger partial charge in [0.15, 0.2) is 0 Å². The van der Waals surface area contributed by atoms with Crippen LogP contribution >= 0.6 is 11.6 Å². The summed E-state index contributed by atoms with van der Waals surface area (Å²) in [5.41, 5.74) is 7.24. The molecule has 1 aliphatic rings. The number of rotatable bonds is 3. The highest BCUT2D eigenvalue weighted by Gasteiger charge is 2.33. The molecule has 2 heterocycles. The number of benzene rings is 2. The van der Waals surface area contributed by atoms with Gasteiger partial charge < -0.3 is 19.6 Å². The average molecular weight is 407 g/mol. The Morgan fingerprint density at radius 2 is 2.03 bits per heavy atom. The van der Waals surface area contributed by atoms with Gasteiger partial charge in [0.2, 0.25) is 5.88 Å². The number of fused-ring (bicyclic) bond motifs is 1. The van der Waals surface area contributed by atoms with E-state index in [9.17, 15) is 10.1 Å². The first-order valence-corrected chi connectivity index (χ1v) is 9.09. The maximum atomic E-state index is 12.4. The van der Waals surface area contributed by atoms with Gasteiger partial charge in [-0.25, -0.2) is 4.79 Å². The molecule has 0 radical (unpaired) electrons. The Bertz CT molecular complexity index is 1190. The van der Waals surface area contributed by atoms with E-state index in [1.165, 1.54) is 6.07 Å². The maximum absolute atomic E-state index is 12.4.